The summed E-state index contributed by atoms with van der Waals surface area (Å²) in [5.74, 6) is -0.177. The standard InChI is InChI=1S/C13H25NO3/c1-9(2)14(10(3)4)13(16)8-7-11(5)17-12(6)15/h9-11H,7-8H2,1-6H3. The van der Waals surface area contributed by atoms with Gasteiger partial charge in [0.1, 0.15) is 0 Å². The summed E-state index contributed by atoms with van der Waals surface area (Å²) >= 11 is 0. The average molecular weight is 243 g/mol. The van der Waals surface area contributed by atoms with Crippen molar-refractivity contribution in [2.75, 3.05) is 0 Å². The molecular formula is C13H25NO3. The van der Waals surface area contributed by atoms with Crippen LogP contribution in [-0.4, -0.2) is 35.0 Å². The van der Waals surface area contributed by atoms with Gasteiger partial charge in [-0.25, -0.2) is 0 Å². The van der Waals surface area contributed by atoms with E-state index in [0.717, 1.165) is 0 Å². The molecule has 0 spiro atoms. The van der Waals surface area contributed by atoms with E-state index >= 15 is 0 Å². The maximum Gasteiger partial charge on any atom is 0.302 e. The van der Waals surface area contributed by atoms with Crippen LogP contribution in [0.15, 0.2) is 0 Å². The van der Waals surface area contributed by atoms with E-state index in [1.807, 2.05) is 39.5 Å². The number of rotatable bonds is 6. The molecule has 0 aliphatic carbocycles. The van der Waals surface area contributed by atoms with Crippen molar-refractivity contribution in [1.82, 2.24) is 4.90 Å². The number of amides is 1. The number of carbonyl (C=O) groups is 2. The van der Waals surface area contributed by atoms with E-state index in [1.165, 1.54) is 6.92 Å². The third-order valence-corrected chi connectivity index (χ3v) is 2.53. The summed E-state index contributed by atoms with van der Waals surface area (Å²) in [7, 11) is 0. The second kappa shape index (κ2) is 7.30. The van der Waals surface area contributed by atoms with Gasteiger partial charge in [0.2, 0.25) is 5.91 Å². The lowest BCUT2D eigenvalue weighted by atomic mass is 10.1. The normalized spacial score (nSPS) is 12.7. The SMILES string of the molecule is CC(=O)OC(C)CCC(=O)N(C(C)C)C(C)C. The van der Waals surface area contributed by atoms with Crippen molar-refractivity contribution in [2.45, 2.75) is 72.6 Å². The molecule has 0 N–H and O–H groups in total. The molecule has 0 saturated heterocycles. The van der Waals surface area contributed by atoms with Crippen molar-refractivity contribution >= 4 is 11.9 Å². The van der Waals surface area contributed by atoms with Gasteiger partial charge in [0.05, 0.1) is 6.10 Å². The Labute approximate surface area is 104 Å². The Morgan fingerprint density at radius 3 is 1.88 bits per heavy atom. The van der Waals surface area contributed by atoms with E-state index < -0.39 is 0 Å². The van der Waals surface area contributed by atoms with Crippen LogP contribution in [0.5, 0.6) is 0 Å². The maximum atomic E-state index is 12.0. The van der Waals surface area contributed by atoms with Crippen molar-refractivity contribution in [3.05, 3.63) is 0 Å². The fourth-order valence-electron chi connectivity index (χ4n) is 1.97. The van der Waals surface area contributed by atoms with Crippen LogP contribution in [0.2, 0.25) is 0 Å². The lowest BCUT2D eigenvalue weighted by molar-refractivity contribution is -0.147. The van der Waals surface area contributed by atoms with Crippen molar-refractivity contribution < 1.29 is 14.3 Å². The summed E-state index contributed by atoms with van der Waals surface area (Å²) < 4.78 is 4.99. The molecule has 0 aromatic heterocycles. The van der Waals surface area contributed by atoms with E-state index in [4.69, 9.17) is 4.74 Å². The molecule has 100 valence electrons. The number of hydrogen-bond acceptors (Lipinski definition) is 3. The number of nitrogens with zero attached hydrogens (tertiary/aromatic N) is 1. The van der Waals surface area contributed by atoms with Crippen LogP contribution in [0, 0.1) is 0 Å². The number of carbonyl (C=O) groups excluding carboxylic acids is 2. The van der Waals surface area contributed by atoms with E-state index in [1.54, 1.807) is 0 Å². The molecule has 4 nitrogen and oxygen atoms in total. The first-order chi connectivity index (χ1) is 7.75. The quantitative estimate of drug-likeness (QED) is 0.673. The second-order valence-corrected chi connectivity index (χ2v) is 4.95. The molecule has 0 aromatic rings. The molecule has 0 aromatic carbocycles. The van der Waals surface area contributed by atoms with Crippen LogP contribution in [0.25, 0.3) is 0 Å². The predicted molar refractivity (Wildman–Crippen MR) is 67.6 cm³/mol. The molecule has 0 fully saturated rings. The summed E-state index contributed by atoms with van der Waals surface area (Å²) in [6.07, 6.45) is 0.803. The Hall–Kier alpha value is -1.06. The molecule has 0 aliphatic heterocycles. The number of hydrogen-bond donors (Lipinski definition) is 0. The van der Waals surface area contributed by atoms with Gasteiger partial charge in [0.25, 0.3) is 0 Å². The summed E-state index contributed by atoms with van der Waals surface area (Å²) in [5, 5.41) is 0. The van der Waals surface area contributed by atoms with Gasteiger partial charge in [-0.15, -0.1) is 0 Å². The van der Waals surface area contributed by atoms with Crippen molar-refractivity contribution in [3.8, 4) is 0 Å². The molecule has 0 heterocycles. The molecule has 0 radical (unpaired) electrons. The molecule has 4 heteroatoms. The zero-order valence-corrected chi connectivity index (χ0v) is 11.8. The highest BCUT2D eigenvalue weighted by atomic mass is 16.5. The van der Waals surface area contributed by atoms with Crippen molar-refractivity contribution in [3.63, 3.8) is 0 Å². The highest BCUT2D eigenvalue weighted by Gasteiger charge is 2.20. The van der Waals surface area contributed by atoms with Gasteiger partial charge in [-0.1, -0.05) is 0 Å². The molecule has 17 heavy (non-hydrogen) atoms. The van der Waals surface area contributed by atoms with E-state index in [9.17, 15) is 9.59 Å². The first kappa shape index (κ1) is 15.9. The first-order valence-electron chi connectivity index (χ1n) is 6.24. The Morgan fingerprint density at radius 2 is 1.53 bits per heavy atom. The molecule has 1 atom stereocenters. The Kier molecular flexibility index (Phi) is 6.85. The molecule has 0 aliphatic rings. The van der Waals surface area contributed by atoms with E-state index in [-0.39, 0.29) is 30.1 Å². The molecule has 1 amide bonds. The zero-order chi connectivity index (χ0) is 13.6. The summed E-state index contributed by atoms with van der Waals surface area (Å²) in [6.45, 7) is 11.2. The number of ether oxygens (including phenoxy) is 1. The van der Waals surface area contributed by atoms with Gasteiger partial charge in [0.15, 0.2) is 0 Å². The van der Waals surface area contributed by atoms with Gasteiger partial charge in [-0.05, 0) is 41.0 Å². The van der Waals surface area contributed by atoms with Crippen molar-refractivity contribution in [1.29, 1.82) is 0 Å². The Balaban J connectivity index is 4.19. The topological polar surface area (TPSA) is 46.6 Å². The second-order valence-electron chi connectivity index (χ2n) is 4.95. The van der Waals surface area contributed by atoms with Crippen molar-refractivity contribution in [2.24, 2.45) is 0 Å². The Bertz CT molecular complexity index is 253. The molecule has 1 unspecified atom stereocenters. The minimum atomic E-state index is -0.297. The minimum Gasteiger partial charge on any atom is -0.463 e. The number of esters is 1. The van der Waals surface area contributed by atoms with Crippen LogP contribution in [-0.2, 0) is 14.3 Å². The van der Waals surface area contributed by atoms with Crippen LogP contribution in [0.3, 0.4) is 0 Å². The van der Waals surface area contributed by atoms with E-state index in [0.29, 0.717) is 12.8 Å². The summed E-state index contributed by atoms with van der Waals surface area (Å²) in [4.78, 5) is 24.6. The Morgan fingerprint density at radius 1 is 1.06 bits per heavy atom. The maximum absolute atomic E-state index is 12.0. The van der Waals surface area contributed by atoms with Crippen LogP contribution >= 0.6 is 0 Å². The van der Waals surface area contributed by atoms with E-state index in [2.05, 4.69) is 0 Å². The highest BCUT2D eigenvalue weighted by Crippen LogP contribution is 2.11. The molecular weight excluding hydrogens is 218 g/mol. The molecule has 0 rings (SSSR count). The lowest BCUT2D eigenvalue weighted by Gasteiger charge is -2.31. The van der Waals surface area contributed by atoms with Crippen LogP contribution in [0.4, 0.5) is 0 Å². The van der Waals surface area contributed by atoms with Crippen LogP contribution in [0.1, 0.15) is 54.4 Å². The fourth-order valence-corrected chi connectivity index (χ4v) is 1.97. The fraction of sp³-hybridized carbons (Fsp3) is 0.846. The average Bonchev–Trinajstić information content (AvgIpc) is 2.12. The zero-order valence-electron chi connectivity index (χ0n) is 11.8. The third-order valence-electron chi connectivity index (χ3n) is 2.53. The van der Waals surface area contributed by atoms with Gasteiger partial charge in [-0.2, -0.15) is 0 Å². The van der Waals surface area contributed by atoms with Crippen LogP contribution < -0.4 is 0 Å². The minimum absolute atomic E-state index is 0.119. The van der Waals surface area contributed by atoms with Gasteiger partial charge >= 0.3 is 5.97 Å². The third kappa shape index (κ3) is 6.29. The van der Waals surface area contributed by atoms with Gasteiger partial charge in [-0.3, -0.25) is 9.59 Å². The lowest BCUT2D eigenvalue weighted by Crippen LogP contribution is -2.42. The molecule has 0 saturated carbocycles. The highest BCUT2D eigenvalue weighted by molar-refractivity contribution is 5.76. The first-order valence-corrected chi connectivity index (χ1v) is 6.24. The van der Waals surface area contributed by atoms with Gasteiger partial charge < -0.3 is 9.64 Å². The smallest absolute Gasteiger partial charge is 0.302 e. The molecule has 0 bridgehead atoms. The summed E-state index contributed by atoms with van der Waals surface area (Å²) in [6, 6.07) is 0.401. The summed E-state index contributed by atoms with van der Waals surface area (Å²) in [5.41, 5.74) is 0. The predicted octanol–water partition coefficient (Wildman–Crippen LogP) is 2.36. The largest absolute Gasteiger partial charge is 0.463 e. The van der Waals surface area contributed by atoms with Gasteiger partial charge in [0, 0.05) is 25.4 Å². The monoisotopic (exact) mass is 243 g/mol.